The van der Waals surface area contributed by atoms with Crippen molar-refractivity contribution in [3.05, 3.63) is 113 Å². The lowest BCUT2D eigenvalue weighted by Gasteiger charge is -2.40. The van der Waals surface area contributed by atoms with Crippen molar-refractivity contribution in [1.29, 1.82) is 5.26 Å². The second-order valence-corrected chi connectivity index (χ2v) is 11.0. The van der Waals surface area contributed by atoms with Crippen LogP contribution < -0.4 is 4.74 Å². The van der Waals surface area contributed by atoms with Crippen LogP contribution in [0, 0.1) is 28.4 Å². The lowest BCUT2D eigenvalue weighted by atomic mass is 9.86. The zero-order chi connectivity index (χ0) is 31.6. The molecule has 1 fully saturated rings. The van der Waals surface area contributed by atoms with E-state index >= 15 is 4.39 Å². The number of carbonyl (C=O) groups excluding carboxylic acids is 1. The fourth-order valence-corrected chi connectivity index (χ4v) is 5.25. The van der Waals surface area contributed by atoms with Crippen molar-refractivity contribution in [3.8, 4) is 23.2 Å². The molecule has 1 aliphatic heterocycles. The molecule has 3 heterocycles. The molecule has 11 heteroatoms. The molecule has 3 aromatic carbocycles. The van der Waals surface area contributed by atoms with E-state index in [0.717, 1.165) is 6.07 Å². The highest BCUT2D eigenvalue weighted by atomic mass is 19.1. The summed E-state index contributed by atoms with van der Waals surface area (Å²) in [6.45, 7) is 0.945. The van der Waals surface area contributed by atoms with Gasteiger partial charge in [0, 0.05) is 30.2 Å². The summed E-state index contributed by atoms with van der Waals surface area (Å²) in [7, 11) is 1.31. The topological polar surface area (TPSA) is 119 Å². The van der Waals surface area contributed by atoms with Crippen LogP contribution in [0.3, 0.4) is 0 Å². The molecule has 0 aliphatic carbocycles. The highest BCUT2D eigenvalue weighted by Crippen LogP contribution is 2.33. The van der Waals surface area contributed by atoms with Gasteiger partial charge in [0.2, 0.25) is 5.88 Å². The first-order chi connectivity index (χ1) is 21.8. The Bertz CT molecular complexity index is 1940. The number of imidazole rings is 1. The van der Waals surface area contributed by atoms with E-state index < -0.39 is 23.0 Å². The number of benzene rings is 3. The number of hydrogen-bond donors (Lipinski definition) is 1. The average molecular weight is 611 g/mol. The van der Waals surface area contributed by atoms with Crippen LogP contribution >= 0.6 is 0 Å². The lowest BCUT2D eigenvalue weighted by Crippen LogP contribution is -2.48. The predicted molar refractivity (Wildman–Crippen MR) is 159 cm³/mol. The number of nitrogens with zero attached hydrogens (tertiary/aromatic N) is 4. The number of hydrogen-bond acceptors (Lipinski definition) is 8. The maximum atomic E-state index is 15.6. The fraction of sp³-hybridized carbons (Fsp3) is 0.235. The van der Waals surface area contributed by atoms with Gasteiger partial charge in [0.25, 0.3) is 0 Å². The third-order valence-corrected chi connectivity index (χ3v) is 7.87. The SMILES string of the molecule is COC(=O)c1ccc2nc(Cc3ccc(-c4cccc(OCc5ccc(C#N)cc5F)n4)cc3F)n(CC3(CO)COC3)c2c1. The Balaban J connectivity index is 1.25. The molecule has 0 saturated carbocycles. The molecule has 5 aromatic rings. The van der Waals surface area contributed by atoms with E-state index in [1.54, 1.807) is 48.5 Å². The number of aliphatic hydroxyl groups is 1. The van der Waals surface area contributed by atoms with Crippen molar-refractivity contribution in [2.45, 2.75) is 19.6 Å². The molecule has 45 heavy (non-hydrogen) atoms. The number of aliphatic hydroxyl groups excluding tert-OH is 1. The molecule has 9 nitrogen and oxygen atoms in total. The van der Waals surface area contributed by atoms with Gasteiger partial charge in [-0.2, -0.15) is 5.26 Å². The molecule has 0 amide bonds. The number of fused-ring (bicyclic) bond motifs is 1. The molecule has 1 N–H and O–H groups in total. The Morgan fingerprint density at radius 2 is 1.84 bits per heavy atom. The van der Waals surface area contributed by atoms with E-state index in [-0.39, 0.29) is 36.6 Å². The van der Waals surface area contributed by atoms with Gasteiger partial charge in [-0.1, -0.05) is 24.3 Å². The van der Waals surface area contributed by atoms with Gasteiger partial charge in [-0.25, -0.2) is 23.5 Å². The predicted octanol–water partition coefficient (Wildman–Crippen LogP) is 5.21. The quantitative estimate of drug-likeness (QED) is 0.214. The maximum absolute atomic E-state index is 15.6. The minimum atomic E-state index is -0.548. The van der Waals surface area contributed by atoms with Crippen molar-refractivity contribution >= 4 is 17.0 Å². The number of carbonyl (C=O) groups is 1. The molecule has 0 bridgehead atoms. The van der Waals surface area contributed by atoms with Crippen LogP contribution in [-0.4, -0.2) is 52.5 Å². The van der Waals surface area contributed by atoms with E-state index in [1.807, 2.05) is 10.6 Å². The molecule has 0 unspecified atom stereocenters. The fourth-order valence-electron chi connectivity index (χ4n) is 5.25. The number of pyridine rings is 1. The zero-order valence-electron chi connectivity index (χ0n) is 24.3. The minimum absolute atomic E-state index is 0.0902. The smallest absolute Gasteiger partial charge is 0.337 e. The van der Waals surface area contributed by atoms with Crippen LogP contribution in [-0.2, 0) is 29.0 Å². The van der Waals surface area contributed by atoms with Crippen molar-refractivity contribution in [3.63, 3.8) is 0 Å². The molecule has 228 valence electrons. The van der Waals surface area contributed by atoms with Crippen LogP contribution in [0.25, 0.3) is 22.3 Å². The van der Waals surface area contributed by atoms with E-state index in [9.17, 15) is 14.3 Å². The highest BCUT2D eigenvalue weighted by Gasteiger charge is 2.39. The van der Waals surface area contributed by atoms with Crippen molar-refractivity contribution in [2.75, 3.05) is 26.9 Å². The van der Waals surface area contributed by atoms with Gasteiger partial charge in [-0.3, -0.25) is 0 Å². The Labute approximate surface area is 257 Å². The number of aromatic nitrogens is 3. The molecule has 1 aliphatic rings. The van der Waals surface area contributed by atoms with Gasteiger partial charge >= 0.3 is 5.97 Å². The highest BCUT2D eigenvalue weighted by molar-refractivity contribution is 5.93. The second kappa shape index (κ2) is 12.4. The first-order valence-corrected chi connectivity index (χ1v) is 14.1. The Morgan fingerprint density at radius 1 is 1.04 bits per heavy atom. The van der Waals surface area contributed by atoms with Crippen LogP contribution in [0.5, 0.6) is 5.88 Å². The van der Waals surface area contributed by atoms with Crippen LogP contribution in [0.4, 0.5) is 8.78 Å². The number of rotatable bonds is 10. The summed E-state index contributed by atoms with van der Waals surface area (Å²) in [5, 5.41) is 19.0. The summed E-state index contributed by atoms with van der Waals surface area (Å²) in [4.78, 5) is 21.4. The van der Waals surface area contributed by atoms with Gasteiger partial charge in [-0.15, -0.1) is 0 Å². The molecule has 0 atom stereocenters. The Morgan fingerprint density at radius 3 is 2.53 bits per heavy atom. The van der Waals surface area contributed by atoms with Gasteiger partial charge in [-0.05, 0) is 48.0 Å². The minimum Gasteiger partial charge on any atom is -0.473 e. The van der Waals surface area contributed by atoms with Crippen molar-refractivity contribution in [2.24, 2.45) is 5.41 Å². The number of ether oxygens (including phenoxy) is 3. The third kappa shape index (κ3) is 6.11. The Kier molecular flexibility index (Phi) is 8.26. The molecular weight excluding hydrogens is 582 g/mol. The van der Waals surface area contributed by atoms with E-state index in [2.05, 4.69) is 4.98 Å². The zero-order valence-corrected chi connectivity index (χ0v) is 24.3. The van der Waals surface area contributed by atoms with Gasteiger partial charge in [0.05, 0.1) is 66.3 Å². The van der Waals surface area contributed by atoms with Gasteiger partial charge in [0.1, 0.15) is 24.1 Å². The molecular formula is C34H28F2N4O5. The number of nitriles is 1. The van der Waals surface area contributed by atoms with Crippen LogP contribution in [0.2, 0.25) is 0 Å². The summed E-state index contributed by atoms with van der Waals surface area (Å²) in [6.07, 6.45) is 0.156. The van der Waals surface area contributed by atoms with E-state index in [0.29, 0.717) is 59.0 Å². The summed E-state index contributed by atoms with van der Waals surface area (Å²) in [5.41, 5.74) is 3.04. The van der Waals surface area contributed by atoms with E-state index in [1.165, 1.54) is 25.3 Å². The number of halogens is 2. The monoisotopic (exact) mass is 610 g/mol. The maximum Gasteiger partial charge on any atom is 0.337 e. The average Bonchev–Trinajstić information content (AvgIpc) is 3.38. The third-order valence-electron chi connectivity index (χ3n) is 7.87. The van der Waals surface area contributed by atoms with E-state index in [4.69, 9.17) is 24.5 Å². The summed E-state index contributed by atoms with van der Waals surface area (Å²) in [5.74, 6) is -0.687. The number of esters is 1. The second-order valence-electron chi connectivity index (χ2n) is 11.0. The van der Waals surface area contributed by atoms with Crippen molar-refractivity contribution in [1.82, 2.24) is 14.5 Å². The van der Waals surface area contributed by atoms with Crippen molar-refractivity contribution < 1.29 is 32.9 Å². The molecule has 0 radical (unpaired) electrons. The molecule has 0 spiro atoms. The van der Waals surface area contributed by atoms with Gasteiger partial charge < -0.3 is 23.9 Å². The molecule has 6 rings (SSSR count). The van der Waals surface area contributed by atoms with Crippen LogP contribution in [0.15, 0.2) is 72.8 Å². The summed E-state index contributed by atoms with van der Waals surface area (Å²) >= 11 is 0. The molecule has 2 aromatic heterocycles. The lowest BCUT2D eigenvalue weighted by molar-refractivity contribution is -0.144. The summed E-state index contributed by atoms with van der Waals surface area (Å²) in [6, 6.07) is 20.9. The standard InChI is InChI=1S/C34H28F2N4O5/c1-43-33(42)24-9-10-29-30(13-24)40(17-34(18-41)19-44-20-34)31(38-29)14-22-7-8-23(12-27(22)36)28-3-2-4-32(39-28)45-16-25-6-5-21(15-37)11-26(25)35/h2-13,41H,14,16-20H2,1H3. The first kappa shape index (κ1) is 29.9. The van der Waals surface area contributed by atoms with Crippen LogP contribution in [0.1, 0.15) is 32.9 Å². The summed E-state index contributed by atoms with van der Waals surface area (Å²) < 4.78 is 47.7. The molecule has 1 saturated heterocycles. The Hall–Kier alpha value is -5.18. The van der Waals surface area contributed by atoms with Gasteiger partial charge in [0.15, 0.2) is 0 Å². The normalized spacial score (nSPS) is 13.7. The largest absolute Gasteiger partial charge is 0.473 e. The number of methoxy groups -OCH3 is 1. The first-order valence-electron chi connectivity index (χ1n) is 14.1.